The Balaban J connectivity index is 1.33. The largest absolute Gasteiger partial charge is 0.492 e. The smallest absolute Gasteiger partial charge is 0.229 e. The number of para-hydroxylation sites is 2. The molecule has 37 heavy (non-hydrogen) atoms. The molecule has 1 fully saturated rings. The molecule has 1 atom stereocenters. The van der Waals surface area contributed by atoms with Gasteiger partial charge in [-0.25, -0.2) is 0 Å². The Morgan fingerprint density at radius 2 is 1.81 bits per heavy atom. The maximum atomic E-state index is 13.3. The average Bonchev–Trinajstić information content (AvgIpc) is 2.93. The lowest BCUT2D eigenvalue weighted by atomic mass is 9.86. The Bertz CT molecular complexity index is 1370. The number of hydrogen-bond donors (Lipinski definition) is 0. The monoisotopic (exact) mass is 531 g/mol. The average molecular weight is 532 g/mol. The van der Waals surface area contributed by atoms with Crippen LogP contribution in [-0.4, -0.2) is 30.0 Å². The number of halogens is 1. The molecule has 5 rings (SSSR count). The topological polar surface area (TPSA) is 65.8 Å². The number of anilines is 1. The van der Waals surface area contributed by atoms with Crippen molar-refractivity contribution in [3.05, 3.63) is 99.5 Å². The summed E-state index contributed by atoms with van der Waals surface area (Å²) in [5.74, 6) is 1.84. The molecule has 8 heteroatoms. The summed E-state index contributed by atoms with van der Waals surface area (Å²) < 4.78 is 11.7. The fourth-order valence-electron chi connectivity index (χ4n) is 4.57. The zero-order valence-electron chi connectivity index (χ0n) is 20.4. The zero-order valence-corrected chi connectivity index (χ0v) is 22.0. The van der Waals surface area contributed by atoms with Crippen molar-refractivity contribution in [3.63, 3.8) is 0 Å². The molecular weight excluding hydrogens is 506 g/mol. The van der Waals surface area contributed by atoms with Crippen LogP contribution in [0, 0.1) is 11.3 Å². The molecule has 3 aromatic rings. The van der Waals surface area contributed by atoms with E-state index in [4.69, 9.17) is 21.1 Å². The summed E-state index contributed by atoms with van der Waals surface area (Å²) in [7, 11) is 0. The molecule has 2 aliphatic rings. The van der Waals surface area contributed by atoms with Gasteiger partial charge in [-0.2, -0.15) is 5.26 Å². The number of thioether (sulfide) groups is 1. The number of carbonyl (C=O) groups is 1. The van der Waals surface area contributed by atoms with Crippen LogP contribution in [0.2, 0.25) is 5.02 Å². The Labute approximate surface area is 226 Å². The van der Waals surface area contributed by atoms with Crippen molar-refractivity contribution in [2.24, 2.45) is 0 Å². The molecule has 0 bridgehead atoms. The van der Waals surface area contributed by atoms with Crippen LogP contribution in [0.15, 0.2) is 83.4 Å². The fraction of sp³-hybridized carbons (Fsp3) is 0.241. The van der Waals surface area contributed by atoms with Crippen LogP contribution in [0.5, 0.6) is 11.5 Å². The number of amides is 1. The molecule has 0 aliphatic carbocycles. The lowest BCUT2D eigenvalue weighted by Crippen LogP contribution is -2.47. The first-order valence-electron chi connectivity index (χ1n) is 12.1. The zero-order chi connectivity index (χ0) is 25.8. The van der Waals surface area contributed by atoms with Gasteiger partial charge in [0.1, 0.15) is 18.1 Å². The molecule has 3 aromatic carbocycles. The highest BCUT2D eigenvalue weighted by Crippen LogP contribution is 2.44. The Morgan fingerprint density at radius 1 is 1.05 bits per heavy atom. The first-order valence-corrected chi connectivity index (χ1v) is 13.5. The lowest BCUT2D eigenvalue weighted by Gasteiger charge is -2.42. The molecular formula is C29H26ClN3O3S. The van der Waals surface area contributed by atoms with Crippen LogP contribution >= 0.6 is 23.4 Å². The Hall–Kier alpha value is -3.60. The number of fused-ring (bicyclic) bond motifs is 1. The third-order valence-electron chi connectivity index (χ3n) is 6.43. The van der Waals surface area contributed by atoms with Crippen molar-refractivity contribution in [2.45, 2.75) is 25.9 Å². The van der Waals surface area contributed by atoms with Gasteiger partial charge in [0, 0.05) is 22.9 Å². The number of hydrogen-bond acceptors (Lipinski definition) is 6. The van der Waals surface area contributed by atoms with Crippen LogP contribution in [0.4, 0.5) is 5.69 Å². The van der Waals surface area contributed by atoms with E-state index in [1.165, 1.54) is 11.8 Å². The molecule has 2 aliphatic heterocycles. The van der Waals surface area contributed by atoms with Gasteiger partial charge < -0.3 is 14.4 Å². The maximum absolute atomic E-state index is 13.3. The third-order valence-corrected chi connectivity index (χ3v) is 7.96. The minimum absolute atomic E-state index is 0.00383. The molecule has 0 radical (unpaired) electrons. The summed E-state index contributed by atoms with van der Waals surface area (Å²) >= 11 is 7.74. The molecule has 1 saturated heterocycles. The van der Waals surface area contributed by atoms with Crippen LogP contribution in [-0.2, 0) is 11.4 Å². The number of carbonyl (C=O) groups excluding carboxylic acids is 1. The summed E-state index contributed by atoms with van der Waals surface area (Å²) in [5, 5.41) is 11.5. The van der Waals surface area contributed by atoms with Crippen LogP contribution in [0.1, 0.15) is 30.4 Å². The first kappa shape index (κ1) is 25.1. The van der Waals surface area contributed by atoms with Gasteiger partial charge in [0.05, 0.1) is 41.5 Å². The molecule has 0 aromatic heterocycles. The summed E-state index contributed by atoms with van der Waals surface area (Å²) in [4.78, 5) is 17.1. The standard InChI is InChI=1S/C29H26ClN3O3S/c1-2-35-27-10-6-5-9-26(27)32-18-33-28(34)15-23(24(16-31)29(33)37-19-32)20-11-13-22(14-12-20)36-17-21-7-3-4-8-25(21)30/h3-14,23H,2,15,17-19H2,1H3/t23-/m0/s1. The van der Waals surface area contributed by atoms with E-state index in [0.717, 1.165) is 27.6 Å². The van der Waals surface area contributed by atoms with E-state index in [1.54, 1.807) is 4.90 Å². The van der Waals surface area contributed by atoms with Crippen molar-refractivity contribution >= 4 is 35.0 Å². The van der Waals surface area contributed by atoms with Gasteiger partial charge in [0.2, 0.25) is 5.91 Å². The van der Waals surface area contributed by atoms with E-state index in [2.05, 4.69) is 11.0 Å². The van der Waals surface area contributed by atoms with Crippen LogP contribution in [0.25, 0.3) is 0 Å². The molecule has 0 unspecified atom stereocenters. The van der Waals surface area contributed by atoms with Crippen LogP contribution < -0.4 is 14.4 Å². The van der Waals surface area contributed by atoms with Gasteiger partial charge in [0.15, 0.2) is 0 Å². The summed E-state index contributed by atoms with van der Waals surface area (Å²) in [5.41, 5.74) is 3.41. The van der Waals surface area contributed by atoms with Gasteiger partial charge in [-0.05, 0) is 42.8 Å². The van der Waals surface area contributed by atoms with Crippen molar-refractivity contribution in [1.29, 1.82) is 5.26 Å². The van der Waals surface area contributed by atoms with E-state index in [0.29, 0.717) is 42.1 Å². The SMILES string of the molecule is CCOc1ccccc1N1CSC2=C(C#N)[C@H](c3ccc(OCc4ccccc4Cl)cc3)CC(=O)N2C1. The lowest BCUT2D eigenvalue weighted by molar-refractivity contribution is -0.129. The highest BCUT2D eigenvalue weighted by Gasteiger charge is 2.38. The van der Waals surface area contributed by atoms with E-state index in [-0.39, 0.29) is 18.2 Å². The summed E-state index contributed by atoms with van der Waals surface area (Å²) in [6, 6.07) is 25.4. The molecule has 188 valence electrons. The number of nitrogens with zero attached hydrogens (tertiary/aromatic N) is 3. The Kier molecular flexibility index (Phi) is 7.59. The van der Waals surface area contributed by atoms with Crippen molar-refractivity contribution < 1.29 is 14.3 Å². The maximum Gasteiger partial charge on any atom is 0.229 e. The number of rotatable bonds is 7. The first-order chi connectivity index (χ1) is 18.1. The molecule has 0 saturated carbocycles. The van der Waals surface area contributed by atoms with E-state index < -0.39 is 0 Å². The highest BCUT2D eigenvalue weighted by molar-refractivity contribution is 8.03. The molecule has 1 amide bonds. The van der Waals surface area contributed by atoms with Gasteiger partial charge in [-0.1, -0.05) is 65.8 Å². The fourth-order valence-corrected chi connectivity index (χ4v) is 5.92. The molecule has 2 heterocycles. The minimum Gasteiger partial charge on any atom is -0.492 e. The second-order valence-corrected chi connectivity index (χ2v) is 10.1. The Morgan fingerprint density at radius 3 is 2.57 bits per heavy atom. The minimum atomic E-state index is -0.281. The van der Waals surface area contributed by atoms with Gasteiger partial charge in [-0.15, -0.1) is 0 Å². The molecule has 0 spiro atoms. The quantitative estimate of drug-likeness (QED) is 0.345. The van der Waals surface area contributed by atoms with Crippen LogP contribution in [0.3, 0.4) is 0 Å². The summed E-state index contributed by atoms with van der Waals surface area (Å²) in [6.07, 6.45) is 0.244. The number of allylic oxidation sites excluding steroid dienone is 1. The third kappa shape index (κ3) is 5.27. The normalized spacial score (nSPS) is 17.3. The van der Waals surface area contributed by atoms with Crippen molar-refractivity contribution in [3.8, 4) is 17.6 Å². The number of nitriles is 1. The highest BCUT2D eigenvalue weighted by atomic mass is 35.5. The summed E-state index contributed by atoms with van der Waals surface area (Å²) in [6.45, 7) is 3.27. The second kappa shape index (κ2) is 11.2. The van der Waals surface area contributed by atoms with Crippen molar-refractivity contribution in [2.75, 3.05) is 24.1 Å². The molecule has 0 N–H and O–H groups in total. The van der Waals surface area contributed by atoms with Gasteiger partial charge in [-0.3, -0.25) is 9.69 Å². The number of benzene rings is 3. The van der Waals surface area contributed by atoms with Gasteiger partial charge in [0.25, 0.3) is 0 Å². The second-order valence-electron chi connectivity index (χ2n) is 8.71. The van der Waals surface area contributed by atoms with Gasteiger partial charge >= 0.3 is 0 Å². The predicted octanol–water partition coefficient (Wildman–Crippen LogP) is 6.54. The predicted molar refractivity (Wildman–Crippen MR) is 146 cm³/mol. The van der Waals surface area contributed by atoms with Crippen molar-refractivity contribution in [1.82, 2.24) is 4.90 Å². The van der Waals surface area contributed by atoms with E-state index >= 15 is 0 Å². The van der Waals surface area contributed by atoms with E-state index in [1.807, 2.05) is 79.7 Å². The molecule has 6 nitrogen and oxygen atoms in total. The van der Waals surface area contributed by atoms with E-state index in [9.17, 15) is 10.1 Å². The number of ether oxygens (including phenoxy) is 2.